The molecule has 0 bridgehead atoms. The number of hydrogen-bond donors (Lipinski definition) is 0. The van der Waals surface area contributed by atoms with Crippen LogP contribution in [0.5, 0.6) is 0 Å². The van der Waals surface area contributed by atoms with E-state index < -0.39 is 15.6 Å². The van der Waals surface area contributed by atoms with Crippen LogP contribution in [0, 0.1) is 5.92 Å². The van der Waals surface area contributed by atoms with Crippen LogP contribution in [0.15, 0.2) is 29.2 Å². The zero-order chi connectivity index (χ0) is 21.3. The fraction of sp³-hybridized carbons (Fsp3) is 0.650. The maximum atomic E-state index is 13.2. The van der Waals surface area contributed by atoms with Crippen molar-refractivity contribution in [3.63, 3.8) is 0 Å². The minimum absolute atomic E-state index is 0.0256. The molecule has 0 radical (unpaired) electrons. The molecule has 1 aliphatic rings. The van der Waals surface area contributed by atoms with Gasteiger partial charge in [-0.25, -0.2) is 13.2 Å². The summed E-state index contributed by atoms with van der Waals surface area (Å²) in [5, 5.41) is 0.497. The lowest BCUT2D eigenvalue weighted by molar-refractivity contribution is 0.00566. The molecule has 3 atom stereocenters. The molecular formula is C20H31ClN2O4S. The van der Waals surface area contributed by atoms with Crippen molar-refractivity contribution in [1.82, 2.24) is 9.21 Å². The summed E-state index contributed by atoms with van der Waals surface area (Å²) in [4.78, 5) is 14.3. The van der Waals surface area contributed by atoms with Gasteiger partial charge in [-0.15, -0.1) is 0 Å². The Morgan fingerprint density at radius 2 is 1.86 bits per heavy atom. The van der Waals surface area contributed by atoms with Gasteiger partial charge in [0, 0.05) is 30.7 Å². The summed E-state index contributed by atoms with van der Waals surface area (Å²) in [6.07, 6.45) is 0.853. The summed E-state index contributed by atoms with van der Waals surface area (Å²) in [7, 11) is -1.90. The summed E-state index contributed by atoms with van der Waals surface area (Å²) in [6.45, 7) is 9.79. The van der Waals surface area contributed by atoms with Crippen LogP contribution in [0.2, 0.25) is 5.02 Å². The third-order valence-electron chi connectivity index (χ3n) is 5.12. The van der Waals surface area contributed by atoms with Crippen molar-refractivity contribution in [3.8, 4) is 0 Å². The van der Waals surface area contributed by atoms with Crippen LogP contribution in [-0.2, 0) is 14.8 Å². The molecule has 1 aromatic rings. The Balaban J connectivity index is 2.23. The molecule has 0 aliphatic carbocycles. The van der Waals surface area contributed by atoms with E-state index in [2.05, 4.69) is 0 Å². The maximum absolute atomic E-state index is 13.2. The van der Waals surface area contributed by atoms with Crippen LogP contribution in [0.3, 0.4) is 0 Å². The van der Waals surface area contributed by atoms with Crippen molar-refractivity contribution in [2.75, 3.05) is 13.6 Å². The third-order valence-corrected chi connectivity index (χ3v) is 7.30. The van der Waals surface area contributed by atoms with Gasteiger partial charge in [-0.05, 0) is 63.8 Å². The minimum atomic E-state index is -3.63. The Kier molecular flexibility index (Phi) is 7.05. The van der Waals surface area contributed by atoms with E-state index in [-0.39, 0.29) is 29.0 Å². The van der Waals surface area contributed by atoms with E-state index in [1.54, 1.807) is 28.4 Å². The number of carbonyl (C=O) groups excluding carboxylic acids is 1. The number of amides is 1. The summed E-state index contributed by atoms with van der Waals surface area (Å²) in [6, 6.07) is 5.97. The smallest absolute Gasteiger partial charge is 0.410 e. The van der Waals surface area contributed by atoms with Crippen molar-refractivity contribution in [1.29, 1.82) is 0 Å². The molecule has 6 nitrogen and oxygen atoms in total. The Labute approximate surface area is 173 Å². The minimum Gasteiger partial charge on any atom is -0.444 e. The molecule has 0 spiro atoms. The Hall–Kier alpha value is -1.31. The number of nitrogens with zero attached hydrogens (tertiary/aromatic N) is 2. The number of piperidine rings is 1. The molecule has 158 valence electrons. The molecule has 8 heteroatoms. The van der Waals surface area contributed by atoms with Gasteiger partial charge in [0.1, 0.15) is 5.60 Å². The van der Waals surface area contributed by atoms with Crippen molar-refractivity contribution >= 4 is 27.7 Å². The standard InChI is InChI=1S/C20H31ClN2O4S/c1-7-16-12-18(22(6)19(24)27-20(3,4)5)14(2)13-23(16)28(25,26)17-10-8-15(21)9-11-17/h8-11,14,16,18H,7,12-13H2,1-6H3. The van der Waals surface area contributed by atoms with Crippen molar-refractivity contribution in [2.45, 2.75) is 70.0 Å². The quantitative estimate of drug-likeness (QED) is 0.710. The highest BCUT2D eigenvalue weighted by molar-refractivity contribution is 7.89. The van der Waals surface area contributed by atoms with Gasteiger partial charge >= 0.3 is 6.09 Å². The van der Waals surface area contributed by atoms with E-state index in [1.807, 2.05) is 34.6 Å². The predicted octanol–water partition coefficient (Wildman–Crippen LogP) is 4.38. The molecule has 28 heavy (non-hydrogen) atoms. The number of benzene rings is 1. The summed E-state index contributed by atoms with van der Waals surface area (Å²) in [5.41, 5.74) is -0.572. The van der Waals surface area contributed by atoms with Crippen molar-refractivity contribution in [3.05, 3.63) is 29.3 Å². The molecule has 1 aromatic carbocycles. The average Bonchev–Trinajstić information content (AvgIpc) is 2.59. The van der Waals surface area contributed by atoms with Gasteiger partial charge in [0.25, 0.3) is 0 Å². The molecule has 0 aromatic heterocycles. The SMILES string of the molecule is CCC1CC(N(C)C(=O)OC(C)(C)C)C(C)CN1S(=O)(=O)c1ccc(Cl)cc1. The Morgan fingerprint density at radius 3 is 2.36 bits per heavy atom. The molecule has 1 aliphatic heterocycles. The second-order valence-corrected chi connectivity index (χ2v) is 10.8. The number of ether oxygens (including phenoxy) is 1. The fourth-order valence-electron chi connectivity index (χ4n) is 3.60. The second-order valence-electron chi connectivity index (χ2n) is 8.46. The van der Waals surface area contributed by atoms with Crippen LogP contribution in [0.4, 0.5) is 4.79 Å². The molecule has 1 fully saturated rings. The first-order valence-corrected chi connectivity index (χ1v) is 11.4. The van der Waals surface area contributed by atoms with Gasteiger partial charge in [0.05, 0.1) is 4.90 Å². The summed E-state index contributed by atoms with van der Waals surface area (Å²) in [5.74, 6) is -0.0256. The molecule has 3 unspecified atom stereocenters. The van der Waals surface area contributed by atoms with Crippen LogP contribution in [0.25, 0.3) is 0 Å². The van der Waals surface area contributed by atoms with E-state index in [1.165, 1.54) is 12.1 Å². The highest BCUT2D eigenvalue weighted by atomic mass is 35.5. The highest BCUT2D eigenvalue weighted by Crippen LogP contribution is 2.33. The number of sulfonamides is 1. The number of carbonyl (C=O) groups is 1. The average molecular weight is 431 g/mol. The van der Waals surface area contributed by atoms with E-state index in [0.717, 1.165) is 0 Å². The number of hydrogen-bond acceptors (Lipinski definition) is 4. The zero-order valence-corrected chi connectivity index (χ0v) is 19.0. The first kappa shape index (κ1) is 23.0. The van der Waals surface area contributed by atoms with Gasteiger partial charge in [-0.1, -0.05) is 25.4 Å². The van der Waals surface area contributed by atoms with E-state index in [0.29, 0.717) is 24.4 Å². The zero-order valence-electron chi connectivity index (χ0n) is 17.5. The third kappa shape index (κ3) is 5.19. The molecule has 0 N–H and O–H groups in total. The topological polar surface area (TPSA) is 66.9 Å². The lowest BCUT2D eigenvalue weighted by Gasteiger charge is -2.45. The maximum Gasteiger partial charge on any atom is 0.410 e. The van der Waals surface area contributed by atoms with Gasteiger partial charge in [0.15, 0.2) is 0 Å². The monoisotopic (exact) mass is 430 g/mol. The Bertz CT molecular complexity index is 789. The van der Waals surface area contributed by atoms with Crippen LogP contribution in [-0.4, -0.2) is 55.0 Å². The fourth-order valence-corrected chi connectivity index (χ4v) is 5.53. The molecule has 1 saturated heterocycles. The van der Waals surface area contributed by atoms with Gasteiger partial charge < -0.3 is 9.64 Å². The lowest BCUT2D eigenvalue weighted by Crippen LogP contribution is -2.56. The number of halogens is 1. The first-order valence-electron chi connectivity index (χ1n) is 9.60. The van der Waals surface area contributed by atoms with Crippen molar-refractivity contribution < 1.29 is 17.9 Å². The molecular weight excluding hydrogens is 400 g/mol. The lowest BCUT2D eigenvalue weighted by atomic mass is 9.88. The highest BCUT2D eigenvalue weighted by Gasteiger charge is 2.42. The van der Waals surface area contributed by atoms with E-state index in [4.69, 9.17) is 16.3 Å². The summed E-state index contributed by atoms with van der Waals surface area (Å²) < 4.78 is 33.4. The predicted molar refractivity (Wildman–Crippen MR) is 111 cm³/mol. The largest absolute Gasteiger partial charge is 0.444 e. The second kappa shape index (κ2) is 8.59. The summed E-state index contributed by atoms with van der Waals surface area (Å²) >= 11 is 5.90. The normalized spacial score (nSPS) is 24.0. The van der Waals surface area contributed by atoms with E-state index >= 15 is 0 Å². The van der Waals surface area contributed by atoms with Crippen molar-refractivity contribution in [2.24, 2.45) is 5.92 Å². The Morgan fingerprint density at radius 1 is 1.29 bits per heavy atom. The van der Waals surface area contributed by atoms with Gasteiger partial charge in [0.2, 0.25) is 10.0 Å². The van der Waals surface area contributed by atoms with E-state index in [9.17, 15) is 13.2 Å². The molecule has 2 rings (SSSR count). The molecule has 1 amide bonds. The number of rotatable bonds is 4. The molecule has 0 saturated carbocycles. The van der Waals surface area contributed by atoms with Gasteiger partial charge in [-0.3, -0.25) is 0 Å². The van der Waals surface area contributed by atoms with Crippen LogP contribution < -0.4 is 0 Å². The molecule has 1 heterocycles. The van der Waals surface area contributed by atoms with Gasteiger partial charge in [-0.2, -0.15) is 4.31 Å². The first-order chi connectivity index (χ1) is 12.9. The van der Waals surface area contributed by atoms with Crippen LogP contribution >= 0.6 is 11.6 Å². The van der Waals surface area contributed by atoms with Crippen LogP contribution in [0.1, 0.15) is 47.5 Å².